The van der Waals surface area contributed by atoms with Gasteiger partial charge in [0.2, 0.25) is 21.8 Å². The summed E-state index contributed by atoms with van der Waals surface area (Å²) < 4.78 is 31.0. The van der Waals surface area contributed by atoms with Gasteiger partial charge in [-0.25, -0.2) is 8.42 Å². The van der Waals surface area contributed by atoms with Crippen molar-refractivity contribution in [1.29, 1.82) is 0 Å². The zero-order chi connectivity index (χ0) is 27.9. The lowest BCUT2D eigenvalue weighted by Gasteiger charge is -2.41. The molecule has 1 saturated heterocycles. The first-order valence-corrected chi connectivity index (χ1v) is 15.6. The number of amides is 2. The number of hydrogen-bond donors (Lipinski definition) is 3. The molecule has 212 valence electrons. The lowest BCUT2D eigenvalue weighted by Crippen LogP contribution is -2.63. The molecule has 2 aromatic rings. The SMILES string of the molecule is CC(=O)NC1(C(=O)NCC2CCCCC2)CCN(Cc2ccc(Oc3ccc(NS(C)(=O)=O)cc3)cc2)CC1. The molecular formula is C29H40N4O5S. The molecular weight excluding hydrogens is 516 g/mol. The van der Waals surface area contributed by atoms with Gasteiger partial charge >= 0.3 is 0 Å². The van der Waals surface area contributed by atoms with Crippen molar-refractivity contribution in [2.45, 2.75) is 64.0 Å². The maximum absolute atomic E-state index is 13.2. The second kappa shape index (κ2) is 12.8. The predicted octanol–water partition coefficient (Wildman–Crippen LogP) is 4.02. The summed E-state index contributed by atoms with van der Waals surface area (Å²) in [5.74, 6) is 1.60. The lowest BCUT2D eigenvalue weighted by atomic mass is 9.85. The Morgan fingerprint density at radius 2 is 1.54 bits per heavy atom. The molecule has 0 aromatic heterocycles. The van der Waals surface area contributed by atoms with E-state index in [4.69, 9.17) is 4.74 Å². The van der Waals surface area contributed by atoms with Gasteiger partial charge in [-0.3, -0.25) is 19.2 Å². The Hall–Kier alpha value is -3.11. The first kappa shape index (κ1) is 28.9. The van der Waals surface area contributed by atoms with E-state index in [1.165, 1.54) is 39.0 Å². The molecule has 2 aliphatic rings. The van der Waals surface area contributed by atoms with Crippen molar-refractivity contribution in [3.63, 3.8) is 0 Å². The van der Waals surface area contributed by atoms with E-state index in [-0.39, 0.29) is 11.8 Å². The van der Waals surface area contributed by atoms with Gasteiger partial charge in [0.1, 0.15) is 17.0 Å². The molecule has 1 aliphatic carbocycles. The van der Waals surface area contributed by atoms with E-state index in [1.54, 1.807) is 24.3 Å². The van der Waals surface area contributed by atoms with E-state index in [0.29, 0.717) is 55.6 Å². The van der Waals surface area contributed by atoms with Gasteiger partial charge in [0, 0.05) is 38.8 Å². The van der Waals surface area contributed by atoms with Crippen LogP contribution < -0.4 is 20.1 Å². The molecule has 4 rings (SSSR count). The second-order valence-corrected chi connectivity index (χ2v) is 12.6. The summed E-state index contributed by atoms with van der Waals surface area (Å²) in [5.41, 5.74) is 0.760. The summed E-state index contributed by atoms with van der Waals surface area (Å²) in [7, 11) is -3.32. The Kier molecular flexibility index (Phi) is 9.50. The monoisotopic (exact) mass is 556 g/mol. The summed E-state index contributed by atoms with van der Waals surface area (Å²) in [4.78, 5) is 27.5. The number of nitrogens with one attached hydrogen (secondary N) is 3. The zero-order valence-corrected chi connectivity index (χ0v) is 23.7. The largest absolute Gasteiger partial charge is 0.457 e. The minimum absolute atomic E-state index is 0.0513. The highest BCUT2D eigenvalue weighted by molar-refractivity contribution is 7.92. The number of nitrogens with zero attached hydrogens (tertiary/aromatic N) is 1. The van der Waals surface area contributed by atoms with Crippen molar-refractivity contribution in [2.24, 2.45) is 5.92 Å². The van der Waals surface area contributed by atoms with E-state index in [9.17, 15) is 18.0 Å². The second-order valence-electron chi connectivity index (χ2n) is 10.9. The molecule has 9 nitrogen and oxygen atoms in total. The van der Waals surface area contributed by atoms with E-state index in [0.717, 1.165) is 18.4 Å². The summed E-state index contributed by atoms with van der Waals surface area (Å²) in [6.45, 7) is 4.34. The Balaban J connectivity index is 1.28. The fourth-order valence-electron chi connectivity index (χ4n) is 5.50. The molecule has 0 atom stereocenters. The molecule has 0 bridgehead atoms. The highest BCUT2D eigenvalue weighted by Crippen LogP contribution is 2.28. The normalized spacial score (nSPS) is 18.2. The number of anilines is 1. The zero-order valence-electron chi connectivity index (χ0n) is 22.9. The van der Waals surface area contributed by atoms with E-state index in [1.807, 2.05) is 24.3 Å². The number of hydrogen-bond acceptors (Lipinski definition) is 6. The third-order valence-electron chi connectivity index (χ3n) is 7.56. The van der Waals surface area contributed by atoms with Crippen LogP contribution in [0, 0.1) is 5.92 Å². The molecule has 0 unspecified atom stereocenters. The molecule has 1 aliphatic heterocycles. The van der Waals surface area contributed by atoms with E-state index >= 15 is 0 Å². The maximum Gasteiger partial charge on any atom is 0.245 e. The van der Waals surface area contributed by atoms with Gasteiger partial charge in [-0.15, -0.1) is 0 Å². The number of carbonyl (C=O) groups is 2. The van der Waals surface area contributed by atoms with Gasteiger partial charge in [-0.05, 0) is 73.6 Å². The van der Waals surface area contributed by atoms with Crippen molar-refractivity contribution < 1.29 is 22.7 Å². The molecule has 0 radical (unpaired) electrons. The van der Waals surface area contributed by atoms with E-state index < -0.39 is 15.6 Å². The van der Waals surface area contributed by atoms with Crippen LogP contribution in [0.4, 0.5) is 5.69 Å². The molecule has 1 saturated carbocycles. The van der Waals surface area contributed by atoms with Crippen molar-refractivity contribution in [1.82, 2.24) is 15.5 Å². The van der Waals surface area contributed by atoms with Gasteiger partial charge in [0.15, 0.2) is 0 Å². The first-order valence-electron chi connectivity index (χ1n) is 13.7. The Morgan fingerprint density at radius 1 is 0.949 bits per heavy atom. The molecule has 3 N–H and O–H groups in total. The summed E-state index contributed by atoms with van der Waals surface area (Å²) in [5, 5.41) is 6.14. The third-order valence-corrected chi connectivity index (χ3v) is 8.16. The third kappa shape index (κ3) is 8.69. The molecule has 1 heterocycles. The van der Waals surface area contributed by atoms with Crippen LogP contribution in [0.3, 0.4) is 0 Å². The molecule has 10 heteroatoms. The topological polar surface area (TPSA) is 117 Å². The minimum atomic E-state index is -3.32. The first-order chi connectivity index (χ1) is 18.6. The van der Waals surface area contributed by atoms with Gasteiger partial charge < -0.3 is 15.4 Å². The van der Waals surface area contributed by atoms with Gasteiger partial charge in [0.25, 0.3) is 0 Å². The molecule has 2 aromatic carbocycles. The average Bonchev–Trinajstić information content (AvgIpc) is 2.90. The smallest absolute Gasteiger partial charge is 0.245 e. The van der Waals surface area contributed by atoms with Crippen LogP contribution in [0.15, 0.2) is 48.5 Å². The number of piperidine rings is 1. The van der Waals surface area contributed by atoms with Gasteiger partial charge in [0.05, 0.1) is 6.26 Å². The Labute approximate surface area is 231 Å². The van der Waals surface area contributed by atoms with Crippen LogP contribution in [0.2, 0.25) is 0 Å². The highest BCUT2D eigenvalue weighted by Gasteiger charge is 2.42. The quantitative estimate of drug-likeness (QED) is 0.407. The highest BCUT2D eigenvalue weighted by atomic mass is 32.2. The van der Waals surface area contributed by atoms with Crippen LogP contribution in [-0.4, -0.2) is 56.6 Å². The van der Waals surface area contributed by atoms with Crippen LogP contribution >= 0.6 is 0 Å². The Bertz CT molecular complexity index is 1220. The van der Waals surface area contributed by atoms with Crippen LogP contribution in [0.5, 0.6) is 11.5 Å². The molecule has 2 fully saturated rings. The van der Waals surface area contributed by atoms with Crippen molar-refractivity contribution >= 4 is 27.5 Å². The lowest BCUT2D eigenvalue weighted by molar-refractivity contribution is -0.135. The van der Waals surface area contributed by atoms with Crippen LogP contribution in [0.25, 0.3) is 0 Å². The maximum atomic E-state index is 13.2. The number of rotatable bonds is 10. The molecule has 0 spiro atoms. The van der Waals surface area contributed by atoms with Crippen molar-refractivity contribution in [3.05, 3.63) is 54.1 Å². The van der Waals surface area contributed by atoms with Crippen LogP contribution in [0.1, 0.15) is 57.4 Å². The number of benzene rings is 2. The predicted molar refractivity (Wildman–Crippen MR) is 152 cm³/mol. The van der Waals surface area contributed by atoms with E-state index in [2.05, 4.69) is 20.3 Å². The average molecular weight is 557 g/mol. The van der Waals surface area contributed by atoms with Gasteiger partial charge in [-0.1, -0.05) is 31.4 Å². The summed E-state index contributed by atoms with van der Waals surface area (Å²) in [6.07, 6.45) is 8.35. The Morgan fingerprint density at radius 3 is 2.10 bits per heavy atom. The summed E-state index contributed by atoms with van der Waals surface area (Å²) >= 11 is 0. The fraction of sp³-hybridized carbons (Fsp3) is 0.517. The fourth-order valence-corrected chi connectivity index (χ4v) is 6.06. The molecule has 2 amide bonds. The summed E-state index contributed by atoms with van der Waals surface area (Å²) in [6, 6.07) is 14.6. The number of likely N-dealkylation sites (tertiary alicyclic amines) is 1. The van der Waals surface area contributed by atoms with Gasteiger partial charge in [-0.2, -0.15) is 0 Å². The standard InChI is InChI=1S/C29H40N4O5S/c1-22(34)31-29(28(35)30-20-23-6-4-3-5-7-23)16-18-33(19-17-29)21-24-8-12-26(13-9-24)38-27-14-10-25(11-15-27)32-39(2,36)37/h8-15,23,32H,3-7,16-21H2,1-2H3,(H,30,35)(H,31,34). The van der Waals surface area contributed by atoms with Crippen LogP contribution in [-0.2, 0) is 26.2 Å². The molecule has 39 heavy (non-hydrogen) atoms. The minimum Gasteiger partial charge on any atom is -0.457 e. The number of ether oxygens (including phenoxy) is 1. The van der Waals surface area contributed by atoms with Crippen molar-refractivity contribution in [2.75, 3.05) is 30.6 Å². The number of sulfonamides is 1. The number of carbonyl (C=O) groups excluding carboxylic acids is 2. The van der Waals surface area contributed by atoms with Crippen molar-refractivity contribution in [3.8, 4) is 11.5 Å².